The molecule has 0 aliphatic heterocycles. The summed E-state index contributed by atoms with van der Waals surface area (Å²) in [5, 5.41) is 3.80. The second-order valence-corrected chi connectivity index (χ2v) is 5.50. The zero-order valence-electron chi connectivity index (χ0n) is 11.4. The Kier molecular flexibility index (Phi) is 5.00. The minimum atomic E-state index is 0.539. The largest absolute Gasteiger partial charge is 0.311 e. The van der Waals surface area contributed by atoms with E-state index in [0.717, 1.165) is 6.42 Å². The van der Waals surface area contributed by atoms with Crippen LogP contribution in [0.2, 0.25) is 0 Å². The molecule has 0 spiro atoms. The van der Waals surface area contributed by atoms with Crippen molar-refractivity contribution in [1.29, 1.82) is 0 Å². The van der Waals surface area contributed by atoms with Gasteiger partial charge >= 0.3 is 0 Å². The highest BCUT2D eigenvalue weighted by molar-refractivity contribution is 5.22. The average molecular weight is 243 g/mol. The number of benzene rings is 1. The summed E-state index contributed by atoms with van der Waals surface area (Å²) in [6.45, 7) is 6.09. The van der Waals surface area contributed by atoms with Gasteiger partial charge in [0.1, 0.15) is 0 Å². The molecule has 98 valence electrons. The molecule has 3 unspecified atom stereocenters. The Morgan fingerprint density at radius 2 is 2.00 bits per heavy atom. The van der Waals surface area contributed by atoms with E-state index in [1.807, 2.05) is 6.08 Å². The van der Waals surface area contributed by atoms with Crippen LogP contribution in [-0.4, -0.2) is 12.1 Å². The third-order valence-corrected chi connectivity index (χ3v) is 4.01. The Hall–Kier alpha value is -1.08. The normalized spacial score (nSPS) is 25.6. The highest BCUT2D eigenvalue weighted by atomic mass is 15.0. The average Bonchev–Trinajstić information content (AvgIpc) is 2.40. The molecule has 1 heteroatoms. The highest BCUT2D eigenvalue weighted by Crippen LogP contribution is 2.33. The molecular formula is C17H25N. The minimum absolute atomic E-state index is 0.539. The van der Waals surface area contributed by atoms with E-state index in [-0.39, 0.29) is 0 Å². The zero-order chi connectivity index (χ0) is 12.8. The third kappa shape index (κ3) is 3.46. The number of hydrogen-bond acceptors (Lipinski definition) is 1. The Balaban J connectivity index is 2.04. The van der Waals surface area contributed by atoms with Gasteiger partial charge < -0.3 is 5.32 Å². The van der Waals surface area contributed by atoms with Gasteiger partial charge in [-0.2, -0.15) is 0 Å². The molecule has 18 heavy (non-hydrogen) atoms. The standard InChI is InChI=1S/C17H25N/c1-3-9-14(2)18-17-13-8-7-12-16(17)15-10-5-4-6-11-15/h3-6,10-11,14,16-18H,1,7-9,12-13H2,2H3. The summed E-state index contributed by atoms with van der Waals surface area (Å²) >= 11 is 0. The first-order valence-corrected chi connectivity index (χ1v) is 7.23. The van der Waals surface area contributed by atoms with Gasteiger partial charge in [-0.3, -0.25) is 0 Å². The zero-order valence-corrected chi connectivity index (χ0v) is 11.4. The van der Waals surface area contributed by atoms with Crippen molar-refractivity contribution >= 4 is 0 Å². The van der Waals surface area contributed by atoms with Crippen LogP contribution in [0.1, 0.15) is 50.5 Å². The van der Waals surface area contributed by atoms with Crippen LogP contribution in [-0.2, 0) is 0 Å². The SMILES string of the molecule is C=CCC(C)NC1CCCCC1c1ccccc1. The summed E-state index contributed by atoms with van der Waals surface area (Å²) < 4.78 is 0. The minimum Gasteiger partial charge on any atom is -0.311 e. The van der Waals surface area contributed by atoms with Crippen LogP contribution in [0.3, 0.4) is 0 Å². The lowest BCUT2D eigenvalue weighted by molar-refractivity contribution is 0.304. The fourth-order valence-corrected chi connectivity index (χ4v) is 3.11. The second-order valence-electron chi connectivity index (χ2n) is 5.50. The molecule has 1 nitrogen and oxygen atoms in total. The van der Waals surface area contributed by atoms with Gasteiger partial charge in [-0.15, -0.1) is 6.58 Å². The second kappa shape index (κ2) is 6.75. The molecule has 1 aliphatic carbocycles. The monoisotopic (exact) mass is 243 g/mol. The van der Waals surface area contributed by atoms with Gasteiger partial charge in [-0.05, 0) is 37.7 Å². The van der Waals surface area contributed by atoms with E-state index in [2.05, 4.69) is 49.2 Å². The maximum absolute atomic E-state index is 3.83. The van der Waals surface area contributed by atoms with E-state index < -0.39 is 0 Å². The molecule has 1 aromatic rings. The van der Waals surface area contributed by atoms with Gasteiger partial charge in [-0.1, -0.05) is 49.2 Å². The molecule has 2 rings (SSSR count). The Labute approximate surface area is 111 Å². The number of hydrogen-bond donors (Lipinski definition) is 1. The maximum Gasteiger partial charge on any atom is 0.0138 e. The van der Waals surface area contributed by atoms with E-state index in [1.165, 1.54) is 31.2 Å². The van der Waals surface area contributed by atoms with Crippen LogP contribution in [0, 0.1) is 0 Å². The van der Waals surface area contributed by atoms with Crippen molar-refractivity contribution in [2.75, 3.05) is 0 Å². The van der Waals surface area contributed by atoms with Crippen molar-refractivity contribution in [3.8, 4) is 0 Å². The molecule has 3 atom stereocenters. The Morgan fingerprint density at radius 1 is 1.28 bits per heavy atom. The van der Waals surface area contributed by atoms with Crippen molar-refractivity contribution in [3.05, 3.63) is 48.6 Å². The summed E-state index contributed by atoms with van der Waals surface area (Å²) in [6, 6.07) is 12.2. The van der Waals surface area contributed by atoms with Gasteiger partial charge in [0.15, 0.2) is 0 Å². The molecule has 1 aromatic carbocycles. The van der Waals surface area contributed by atoms with Crippen molar-refractivity contribution < 1.29 is 0 Å². The van der Waals surface area contributed by atoms with Crippen LogP contribution in [0.5, 0.6) is 0 Å². The first-order valence-electron chi connectivity index (χ1n) is 7.23. The molecule has 1 saturated carbocycles. The van der Waals surface area contributed by atoms with Crippen molar-refractivity contribution in [1.82, 2.24) is 5.32 Å². The lowest BCUT2D eigenvalue weighted by Crippen LogP contribution is -2.42. The van der Waals surface area contributed by atoms with E-state index in [1.54, 1.807) is 0 Å². The summed E-state index contributed by atoms with van der Waals surface area (Å²) in [5.74, 6) is 0.687. The fourth-order valence-electron chi connectivity index (χ4n) is 3.11. The van der Waals surface area contributed by atoms with Crippen molar-refractivity contribution in [2.24, 2.45) is 0 Å². The Bertz CT molecular complexity index is 357. The maximum atomic E-state index is 3.83. The van der Waals surface area contributed by atoms with Crippen LogP contribution < -0.4 is 5.32 Å². The van der Waals surface area contributed by atoms with Crippen LogP contribution in [0.15, 0.2) is 43.0 Å². The van der Waals surface area contributed by atoms with Gasteiger partial charge in [0.2, 0.25) is 0 Å². The molecule has 0 radical (unpaired) electrons. The molecule has 1 N–H and O–H groups in total. The molecule has 0 amide bonds. The van der Waals surface area contributed by atoms with E-state index in [4.69, 9.17) is 0 Å². The van der Waals surface area contributed by atoms with Gasteiger partial charge in [-0.25, -0.2) is 0 Å². The lowest BCUT2D eigenvalue weighted by Gasteiger charge is -2.34. The third-order valence-electron chi connectivity index (χ3n) is 4.01. The molecular weight excluding hydrogens is 218 g/mol. The van der Waals surface area contributed by atoms with Gasteiger partial charge in [0, 0.05) is 12.1 Å². The van der Waals surface area contributed by atoms with Crippen molar-refractivity contribution in [3.63, 3.8) is 0 Å². The predicted molar refractivity (Wildman–Crippen MR) is 78.9 cm³/mol. The van der Waals surface area contributed by atoms with Crippen molar-refractivity contribution in [2.45, 2.75) is 57.0 Å². The fraction of sp³-hybridized carbons (Fsp3) is 0.529. The molecule has 0 aromatic heterocycles. The highest BCUT2D eigenvalue weighted by Gasteiger charge is 2.26. The molecule has 1 fully saturated rings. The van der Waals surface area contributed by atoms with E-state index >= 15 is 0 Å². The summed E-state index contributed by atoms with van der Waals surface area (Å²) in [7, 11) is 0. The lowest BCUT2D eigenvalue weighted by atomic mass is 9.79. The smallest absolute Gasteiger partial charge is 0.0138 e. The molecule has 1 aliphatic rings. The van der Waals surface area contributed by atoms with Gasteiger partial charge in [0.25, 0.3) is 0 Å². The number of rotatable bonds is 5. The number of nitrogens with one attached hydrogen (secondary N) is 1. The summed E-state index contributed by atoms with van der Waals surface area (Å²) in [5.41, 5.74) is 1.50. The molecule has 0 saturated heterocycles. The summed E-state index contributed by atoms with van der Waals surface area (Å²) in [6.07, 6.45) is 8.43. The van der Waals surface area contributed by atoms with E-state index in [0.29, 0.717) is 18.0 Å². The van der Waals surface area contributed by atoms with Crippen LogP contribution in [0.25, 0.3) is 0 Å². The Morgan fingerprint density at radius 3 is 2.72 bits per heavy atom. The predicted octanol–water partition coefficient (Wildman–Crippen LogP) is 4.27. The van der Waals surface area contributed by atoms with Crippen LogP contribution in [0.4, 0.5) is 0 Å². The first-order chi connectivity index (χ1) is 8.81. The van der Waals surface area contributed by atoms with Gasteiger partial charge in [0.05, 0.1) is 0 Å². The van der Waals surface area contributed by atoms with E-state index in [9.17, 15) is 0 Å². The first kappa shape index (κ1) is 13.4. The molecule has 0 heterocycles. The summed E-state index contributed by atoms with van der Waals surface area (Å²) in [4.78, 5) is 0. The quantitative estimate of drug-likeness (QED) is 0.762. The molecule has 0 bridgehead atoms. The topological polar surface area (TPSA) is 12.0 Å². The van der Waals surface area contributed by atoms with Crippen LogP contribution >= 0.6 is 0 Å².